The molecule has 0 N–H and O–H groups in total. The number of halogens is 2. The van der Waals surface area contributed by atoms with Gasteiger partial charge in [-0.15, -0.1) is 0 Å². The maximum Gasteiger partial charge on any atom is 0.282 e. The molecule has 5 nitrogen and oxygen atoms in total. The number of para-hydroxylation sites is 2. The summed E-state index contributed by atoms with van der Waals surface area (Å²) in [5.74, 6) is -0.960. The van der Waals surface area contributed by atoms with Crippen LogP contribution in [0.4, 0.5) is 8.78 Å². The summed E-state index contributed by atoms with van der Waals surface area (Å²) in [4.78, 5) is 17.1. The smallest absolute Gasteiger partial charge is 0.282 e. The normalized spacial score (nSPS) is 11.4. The van der Waals surface area contributed by atoms with Crippen LogP contribution in [0.25, 0.3) is 27.8 Å². The number of fused-ring (bicyclic) bond motifs is 3. The molecule has 5 rings (SSSR count). The van der Waals surface area contributed by atoms with Gasteiger partial charge in [0.25, 0.3) is 5.56 Å². The van der Waals surface area contributed by atoms with Crippen molar-refractivity contribution in [3.05, 3.63) is 101 Å². The van der Waals surface area contributed by atoms with Gasteiger partial charge >= 0.3 is 0 Å². The van der Waals surface area contributed by atoms with E-state index in [-0.39, 0.29) is 17.9 Å². The number of pyridine rings is 2. The van der Waals surface area contributed by atoms with Crippen molar-refractivity contribution < 1.29 is 8.78 Å². The van der Waals surface area contributed by atoms with Crippen LogP contribution < -0.4 is 5.56 Å². The standard InChI is InChI=1S/C22H14F2N4O/c23-16-8-5-11-25-18(16)13-27-12-15-21(14-6-1-3-9-19(14)27)26-28(22(15)29)20-10-4-2-7-17(20)24/h1-12H,13H2. The van der Waals surface area contributed by atoms with Crippen molar-refractivity contribution in [2.75, 3.05) is 0 Å². The van der Waals surface area contributed by atoms with E-state index < -0.39 is 17.2 Å². The Hall–Kier alpha value is -3.87. The monoisotopic (exact) mass is 388 g/mol. The fourth-order valence-corrected chi connectivity index (χ4v) is 3.49. The van der Waals surface area contributed by atoms with Crippen LogP contribution in [0.2, 0.25) is 0 Å². The third-order valence-corrected chi connectivity index (χ3v) is 4.87. The van der Waals surface area contributed by atoms with Gasteiger partial charge in [-0.05, 0) is 30.3 Å². The third kappa shape index (κ3) is 2.79. The molecule has 0 atom stereocenters. The van der Waals surface area contributed by atoms with Crippen molar-refractivity contribution in [1.29, 1.82) is 0 Å². The molecule has 2 aromatic carbocycles. The molecule has 2 aliphatic rings. The number of hydrogen-bond donors (Lipinski definition) is 0. The van der Waals surface area contributed by atoms with Gasteiger partial charge in [0.1, 0.15) is 23.0 Å². The molecule has 3 aromatic rings. The predicted octanol–water partition coefficient (Wildman–Crippen LogP) is 4.01. The SMILES string of the molecule is O=c1c2cn(Cc3ncccc3F)c3ccccc3c-2nn1-c1ccccc1F. The molecule has 0 spiro atoms. The first-order chi connectivity index (χ1) is 14.1. The zero-order valence-electron chi connectivity index (χ0n) is 15.1. The average molecular weight is 388 g/mol. The molecule has 0 aliphatic carbocycles. The number of rotatable bonds is 3. The quantitative estimate of drug-likeness (QED) is 0.469. The van der Waals surface area contributed by atoms with E-state index in [1.807, 2.05) is 24.3 Å². The van der Waals surface area contributed by atoms with Crippen molar-refractivity contribution in [1.82, 2.24) is 19.3 Å². The Morgan fingerprint density at radius 3 is 2.48 bits per heavy atom. The first-order valence-corrected chi connectivity index (χ1v) is 8.99. The fraction of sp³-hybridized carbons (Fsp3) is 0.0455. The first kappa shape index (κ1) is 17.2. The molecular formula is C22H14F2N4O. The van der Waals surface area contributed by atoms with Gasteiger partial charge in [-0.25, -0.2) is 8.78 Å². The molecule has 0 radical (unpaired) electrons. The Balaban J connectivity index is 1.78. The Bertz CT molecular complexity index is 1390. The molecule has 2 aliphatic heterocycles. The second kappa shape index (κ2) is 6.63. The topological polar surface area (TPSA) is 52.7 Å². The van der Waals surface area contributed by atoms with Gasteiger partial charge in [-0.2, -0.15) is 9.78 Å². The summed E-state index contributed by atoms with van der Waals surface area (Å²) in [6, 6.07) is 16.2. The van der Waals surface area contributed by atoms with Gasteiger partial charge in [0.15, 0.2) is 0 Å². The van der Waals surface area contributed by atoms with E-state index >= 15 is 0 Å². The highest BCUT2D eigenvalue weighted by Crippen LogP contribution is 2.28. The summed E-state index contributed by atoms with van der Waals surface area (Å²) >= 11 is 0. The second-order valence-corrected chi connectivity index (χ2v) is 6.64. The minimum Gasteiger partial charge on any atom is -0.340 e. The van der Waals surface area contributed by atoms with E-state index in [2.05, 4.69) is 10.1 Å². The number of benzene rings is 2. The van der Waals surface area contributed by atoms with Crippen molar-refractivity contribution in [3.63, 3.8) is 0 Å². The maximum atomic E-state index is 14.3. The molecule has 0 saturated heterocycles. The Morgan fingerprint density at radius 2 is 1.66 bits per heavy atom. The zero-order chi connectivity index (χ0) is 20.0. The van der Waals surface area contributed by atoms with Crippen molar-refractivity contribution in [3.8, 4) is 16.9 Å². The lowest BCUT2D eigenvalue weighted by Crippen LogP contribution is -2.16. The van der Waals surface area contributed by atoms with E-state index in [0.717, 1.165) is 10.2 Å². The van der Waals surface area contributed by atoms with E-state index in [1.54, 1.807) is 22.9 Å². The lowest BCUT2D eigenvalue weighted by atomic mass is 10.1. The minimum absolute atomic E-state index is 0.0834. The summed E-state index contributed by atoms with van der Waals surface area (Å²) in [5, 5.41) is 5.11. The Morgan fingerprint density at radius 1 is 0.897 bits per heavy atom. The predicted molar refractivity (Wildman–Crippen MR) is 105 cm³/mol. The summed E-state index contributed by atoms with van der Waals surface area (Å²) in [5.41, 5.74) is 1.46. The van der Waals surface area contributed by atoms with Crippen LogP contribution in [0.3, 0.4) is 0 Å². The molecule has 0 amide bonds. The van der Waals surface area contributed by atoms with Crippen LogP contribution in [0, 0.1) is 11.6 Å². The highest BCUT2D eigenvalue weighted by atomic mass is 19.1. The molecular weight excluding hydrogens is 374 g/mol. The molecule has 29 heavy (non-hydrogen) atoms. The zero-order valence-corrected chi connectivity index (χ0v) is 15.1. The molecule has 0 bridgehead atoms. The van der Waals surface area contributed by atoms with Crippen molar-refractivity contribution >= 4 is 10.9 Å². The summed E-state index contributed by atoms with van der Waals surface area (Å²) in [6.07, 6.45) is 3.15. The van der Waals surface area contributed by atoms with Gasteiger partial charge in [-0.3, -0.25) is 9.78 Å². The van der Waals surface area contributed by atoms with E-state index in [9.17, 15) is 13.6 Å². The van der Waals surface area contributed by atoms with Gasteiger partial charge in [0, 0.05) is 17.8 Å². The fourth-order valence-electron chi connectivity index (χ4n) is 3.49. The van der Waals surface area contributed by atoms with Crippen molar-refractivity contribution in [2.45, 2.75) is 6.54 Å². The largest absolute Gasteiger partial charge is 0.340 e. The highest BCUT2D eigenvalue weighted by Gasteiger charge is 2.22. The van der Waals surface area contributed by atoms with Crippen LogP contribution in [0.5, 0.6) is 0 Å². The van der Waals surface area contributed by atoms with Crippen LogP contribution in [-0.4, -0.2) is 19.3 Å². The van der Waals surface area contributed by atoms with E-state index in [0.29, 0.717) is 16.6 Å². The van der Waals surface area contributed by atoms with Gasteiger partial charge in [0.05, 0.1) is 23.3 Å². The molecule has 0 saturated carbocycles. The Labute approximate surface area is 163 Å². The highest BCUT2D eigenvalue weighted by molar-refractivity contribution is 5.93. The Kier molecular flexibility index (Phi) is 3.94. The second-order valence-electron chi connectivity index (χ2n) is 6.64. The third-order valence-electron chi connectivity index (χ3n) is 4.87. The van der Waals surface area contributed by atoms with Crippen LogP contribution in [-0.2, 0) is 6.54 Å². The first-order valence-electron chi connectivity index (χ1n) is 8.99. The summed E-state index contributed by atoms with van der Waals surface area (Å²) in [7, 11) is 0. The van der Waals surface area contributed by atoms with Crippen LogP contribution in [0.15, 0.2) is 77.9 Å². The molecule has 7 heteroatoms. The molecule has 142 valence electrons. The van der Waals surface area contributed by atoms with Crippen LogP contribution in [0.1, 0.15) is 5.69 Å². The van der Waals surface area contributed by atoms with E-state index in [1.165, 1.54) is 30.5 Å². The van der Waals surface area contributed by atoms with Crippen LogP contribution >= 0.6 is 0 Å². The van der Waals surface area contributed by atoms with Crippen molar-refractivity contribution in [2.24, 2.45) is 0 Å². The average Bonchev–Trinajstić information content (AvgIpc) is 3.07. The maximum absolute atomic E-state index is 14.3. The molecule has 0 unspecified atom stereocenters. The minimum atomic E-state index is -0.537. The van der Waals surface area contributed by atoms with Gasteiger partial charge in [0.2, 0.25) is 0 Å². The lowest BCUT2D eigenvalue weighted by Gasteiger charge is -2.13. The summed E-state index contributed by atoms with van der Waals surface area (Å²) < 4.78 is 31.2. The number of nitrogens with zero attached hydrogens (tertiary/aromatic N) is 4. The lowest BCUT2D eigenvalue weighted by molar-refractivity contribution is 0.589. The van der Waals surface area contributed by atoms with Gasteiger partial charge in [-0.1, -0.05) is 30.3 Å². The van der Waals surface area contributed by atoms with E-state index in [4.69, 9.17) is 0 Å². The molecule has 3 heterocycles. The molecule has 0 fully saturated rings. The number of aromatic nitrogens is 4. The van der Waals surface area contributed by atoms with Gasteiger partial charge < -0.3 is 4.57 Å². The number of hydrogen-bond acceptors (Lipinski definition) is 3. The summed E-state index contributed by atoms with van der Waals surface area (Å²) in [6.45, 7) is 0.146. The molecule has 1 aromatic heterocycles.